The number of Topliss-reactive ketones (excluding diaryl/α,β-unsaturated/α-hetero) is 3. The molecule has 10 heteroatoms. The molecule has 0 aliphatic heterocycles. The molecular formula is C22H30N2O6S2. The molecule has 0 aliphatic carbocycles. The lowest BCUT2D eigenvalue weighted by molar-refractivity contribution is -0.130. The number of amides is 2. The van der Waals surface area contributed by atoms with Crippen molar-refractivity contribution < 1.29 is 28.7 Å². The SMILES string of the molecule is CCC(=O)CCNC(=O)CCc1ccc(NC(=O)COCC(=O)C(SSC)C(C)=O)cc1. The van der Waals surface area contributed by atoms with Gasteiger partial charge < -0.3 is 15.4 Å². The van der Waals surface area contributed by atoms with Crippen LogP contribution in [0.1, 0.15) is 38.7 Å². The molecule has 1 atom stereocenters. The first kappa shape index (κ1) is 27.9. The maximum Gasteiger partial charge on any atom is 0.250 e. The van der Waals surface area contributed by atoms with Gasteiger partial charge in [-0.25, -0.2) is 0 Å². The molecule has 1 unspecified atom stereocenters. The van der Waals surface area contributed by atoms with E-state index >= 15 is 0 Å². The zero-order valence-electron chi connectivity index (χ0n) is 18.6. The van der Waals surface area contributed by atoms with Gasteiger partial charge in [-0.3, -0.25) is 24.0 Å². The molecule has 1 aromatic carbocycles. The molecule has 0 aromatic heterocycles. The highest BCUT2D eigenvalue weighted by Crippen LogP contribution is 2.25. The standard InChI is InChI=1S/C22H30N2O6S2/c1-4-18(26)11-12-23-20(28)10-7-16-5-8-17(9-6-16)24-21(29)14-30-13-19(27)22(15(2)25)32-31-3/h5-6,8-9,22H,4,7,10-14H2,1-3H3,(H,23,28)(H,24,29). The third-order valence-corrected chi connectivity index (χ3v) is 6.46. The van der Waals surface area contributed by atoms with Gasteiger partial charge in [0.2, 0.25) is 11.8 Å². The summed E-state index contributed by atoms with van der Waals surface area (Å²) < 4.78 is 5.15. The van der Waals surface area contributed by atoms with Crippen molar-refractivity contribution >= 4 is 56.4 Å². The van der Waals surface area contributed by atoms with Gasteiger partial charge in [-0.2, -0.15) is 0 Å². The van der Waals surface area contributed by atoms with Crippen molar-refractivity contribution in [2.75, 3.05) is 31.3 Å². The third kappa shape index (κ3) is 11.4. The van der Waals surface area contributed by atoms with Gasteiger partial charge >= 0.3 is 0 Å². The molecule has 0 heterocycles. The predicted octanol–water partition coefficient (Wildman–Crippen LogP) is 2.60. The fourth-order valence-electron chi connectivity index (χ4n) is 2.58. The van der Waals surface area contributed by atoms with Crippen LogP contribution in [0.25, 0.3) is 0 Å². The van der Waals surface area contributed by atoms with E-state index in [1.165, 1.54) is 28.5 Å². The number of ether oxygens (including phenoxy) is 1. The van der Waals surface area contributed by atoms with Gasteiger partial charge in [-0.15, -0.1) is 0 Å². The zero-order valence-corrected chi connectivity index (χ0v) is 20.2. The molecule has 1 aromatic rings. The van der Waals surface area contributed by atoms with Gasteiger partial charge in [0, 0.05) is 31.5 Å². The number of rotatable bonds is 16. The van der Waals surface area contributed by atoms with Crippen molar-refractivity contribution in [1.29, 1.82) is 0 Å². The second-order valence-electron chi connectivity index (χ2n) is 6.95. The van der Waals surface area contributed by atoms with Crippen LogP contribution in [0.3, 0.4) is 0 Å². The van der Waals surface area contributed by atoms with Crippen LogP contribution < -0.4 is 10.6 Å². The topological polar surface area (TPSA) is 119 Å². The minimum absolute atomic E-state index is 0.110. The summed E-state index contributed by atoms with van der Waals surface area (Å²) in [5, 5.41) is 4.60. The Morgan fingerprint density at radius 1 is 1.00 bits per heavy atom. The molecule has 8 nitrogen and oxygen atoms in total. The van der Waals surface area contributed by atoms with Crippen molar-refractivity contribution in [2.45, 2.75) is 44.8 Å². The summed E-state index contributed by atoms with van der Waals surface area (Å²) in [6.07, 6.45) is 3.45. The third-order valence-electron chi connectivity index (χ3n) is 4.33. The van der Waals surface area contributed by atoms with Crippen LogP contribution in [-0.2, 0) is 35.1 Å². The molecular weight excluding hydrogens is 452 g/mol. The lowest BCUT2D eigenvalue weighted by Crippen LogP contribution is -2.29. The number of nitrogens with one attached hydrogen (secondary N) is 2. The molecule has 0 bridgehead atoms. The average Bonchev–Trinajstić information content (AvgIpc) is 2.76. The van der Waals surface area contributed by atoms with Crippen LogP contribution in [0.4, 0.5) is 5.69 Å². The number of carbonyl (C=O) groups excluding carboxylic acids is 5. The Bertz CT molecular complexity index is 798. The molecule has 176 valence electrons. The van der Waals surface area contributed by atoms with Crippen LogP contribution in [-0.4, -0.2) is 60.4 Å². The van der Waals surface area contributed by atoms with E-state index in [0.717, 1.165) is 5.56 Å². The van der Waals surface area contributed by atoms with E-state index in [2.05, 4.69) is 10.6 Å². The highest BCUT2D eigenvalue weighted by molar-refractivity contribution is 8.77. The number of ketones is 3. The zero-order chi connectivity index (χ0) is 23.9. The van der Waals surface area contributed by atoms with Crippen LogP contribution in [0, 0.1) is 0 Å². The Balaban J connectivity index is 2.33. The molecule has 0 fully saturated rings. The summed E-state index contributed by atoms with van der Waals surface area (Å²) in [4.78, 5) is 58.5. The van der Waals surface area contributed by atoms with Crippen molar-refractivity contribution in [3.05, 3.63) is 29.8 Å². The van der Waals surface area contributed by atoms with Gasteiger partial charge in [-0.1, -0.05) is 40.6 Å². The second kappa shape index (κ2) is 15.6. The second-order valence-corrected chi connectivity index (χ2v) is 9.52. The molecule has 2 N–H and O–H groups in total. The number of carbonyl (C=O) groups is 5. The summed E-state index contributed by atoms with van der Waals surface area (Å²) >= 11 is 0. The number of benzene rings is 1. The van der Waals surface area contributed by atoms with E-state index in [4.69, 9.17) is 4.74 Å². The first-order valence-corrected chi connectivity index (χ1v) is 12.9. The Labute approximate surface area is 196 Å². The summed E-state index contributed by atoms with van der Waals surface area (Å²) in [7, 11) is 2.49. The number of hydrogen-bond acceptors (Lipinski definition) is 8. The van der Waals surface area contributed by atoms with Crippen LogP contribution in [0.2, 0.25) is 0 Å². The monoisotopic (exact) mass is 482 g/mol. The van der Waals surface area contributed by atoms with Gasteiger partial charge in [0.15, 0.2) is 11.6 Å². The molecule has 1 rings (SSSR count). The molecule has 0 radical (unpaired) electrons. The van der Waals surface area contributed by atoms with Gasteiger partial charge in [0.25, 0.3) is 0 Å². The van der Waals surface area contributed by atoms with E-state index in [0.29, 0.717) is 37.9 Å². The Hall–Kier alpha value is -2.17. The van der Waals surface area contributed by atoms with Gasteiger partial charge in [0.05, 0.1) is 0 Å². The maximum atomic E-state index is 12.0. The average molecular weight is 483 g/mol. The Morgan fingerprint density at radius 2 is 1.69 bits per heavy atom. The number of aryl methyl sites for hydroxylation is 1. The fraction of sp³-hybridized carbons (Fsp3) is 0.500. The lowest BCUT2D eigenvalue weighted by Gasteiger charge is -2.11. The summed E-state index contributed by atoms with van der Waals surface area (Å²) in [5.74, 6) is -1.01. The van der Waals surface area contributed by atoms with Crippen molar-refractivity contribution in [3.63, 3.8) is 0 Å². The normalized spacial score (nSPS) is 11.5. The molecule has 0 saturated heterocycles. The number of anilines is 1. The summed E-state index contributed by atoms with van der Waals surface area (Å²) in [5.41, 5.74) is 1.50. The van der Waals surface area contributed by atoms with Crippen molar-refractivity contribution in [3.8, 4) is 0 Å². The highest BCUT2D eigenvalue weighted by atomic mass is 33.1. The van der Waals surface area contributed by atoms with Gasteiger partial charge in [-0.05, 0) is 37.3 Å². The first-order chi connectivity index (χ1) is 15.3. The van der Waals surface area contributed by atoms with Gasteiger partial charge in [0.1, 0.15) is 24.2 Å². The predicted molar refractivity (Wildman–Crippen MR) is 128 cm³/mol. The van der Waals surface area contributed by atoms with E-state index in [1.807, 2.05) is 12.1 Å². The van der Waals surface area contributed by atoms with Crippen LogP contribution >= 0.6 is 21.6 Å². The Morgan fingerprint density at radius 3 is 2.28 bits per heavy atom. The minimum atomic E-state index is -0.790. The maximum absolute atomic E-state index is 12.0. The highest BCUT2D eigenvalue weighted by Gasteiger charge is 2.23. The molecule has 0 aliphatic rings. The largest absolute Gasteiger partial charge is 0.364 e. The Kier molecular flexibility index (Phi) is 13.6. The van der Waals surface area contributed by atoms with Crippen molar-refractivity contribution in [2.24, 2.45) is 0 Å². The molecule has 0 spiro atoms. The molecule has 2 amide bonds. The van der Waals surface area contributed by atoms with E-state index in [1.54, 1.807) is 25.3 Å². The molecule has 0 saturated carbocycles. The van der Waals surface area contributed by atoms with Crippen LogP contribution in [0.15, 0.2) is 24.3 Å². The van der Waals surface area contributed by atoms with Crippen molar-refractivity contribution in [1.82, 2.24) is 5.32 Å². The van der Waals surface area contributed by atoms with E-state index in [-0.39, 0.29) is 36.5 Å². The quantitative estimate of drug-likeness (QED) is 0.273. The van der Waals surface area contributed by atoms with E-state index < -0.39 is 11.2 Å². The lowest BCUT2D eigenvalue weighted by atomic mass is 10.1. The fourth-order valence-corrected chi connectivity index (χ4v) is 4.39. The summed E-state index contributed by atoms with van der Waals surface area (Å²) in [6, 6.07) is 7.06. The van der Waals surface area contributed by atoms with Crippen LogP contribution in [0.5, 0.6) is 0 Å². The summed E-state index contributed by atoms with van der Waals surface area (Å²) in [6.45, 7) is 2.89. The molecule has 32 heavy (non-hydrogen) atoms. The smallest absolute Gasteiger partial charge is 0.250 e. The minimum Gasteiger partial charge on any atom is -0.364 e. The van der Waals surface area contributed by atoms with E-state index in [9.17, 15) is 24.0 Å². The number of hydrogen-bond donors (Lipinski definition) is 2. The first-order valence-electron chi connectivity index (χ1n) is 10.2.